The third-order valence-electron chi connectivity index (χ3n) is 4.81. The van der Waals surface area contributed by atoms with Gasteiger partial charge in [-0.1, -0.05) is 59.3 Å². The first-order valence-electron chi connectivity index (χ1n) is 10.2. The van der Waals surface area contributed by atoms with Gasteiger partial charge < -0.3 is 19.2 Å². The van der Waals surface area contributed by atoms with Gasteiger partial charge in [0.05, 0.1) is 40.6 Å². The molecule has 35 heavy (non-hydrogen) atoms. The zero-order chi connectivity index (χ0) is 24.9. The topological polar surface area (TPSA) is 81.0 Å². The highest BCUT2D eigenvalue weighted by molar-refractivity contribution is 8.26. The van der Waals surface area contributed by atoms with Crippen LogP contribution in [0.2, 0.25) is 10.0 Å². The van der Waals surface area contributed by atoms with E-state index in [1.807, 2.05) is 0 Å². The molecule has 2 amide bonds. The van der Waals surface area contributed by atoms with Gasteiger partial charge in [-0.3, -0.25) is 14.5 Å². The Morgan fingerprint density at radius 2 is 2.00 bits per heavy atom. The van der Waals surface area contributed by atoms with Gasteiger partial charge >= 0.3 is 0 Å². The molecule has 0 unspecified atom stereocenters. The fourth-order valence-corrected chi connectivity index (χ4v) is 4.91. The number of para-hydroxylation sites is 1. The first kappa shape index (κ1) is 25.1. The van der Waals surface area contributed by atoms with Gasteiger partial charge in [-0.25, -0.2) is 0 Å². The minimum absolute atomic E-state index is 0.200. The molecule has 1 aliphatic rings. The molecule has 1 saturated heterocycles. The minimum Gasteiger partial charge on any atom is -0.493 e. The Hall–Kier alpha value is -2.98. The maximum Gasteiger partial charge on any atom is 0.266 e. The van der Waals surface area contributed by atoms with Crippen molar-refractivity contribution in [3.63, 3.8) is 0 Å². The number of amides is 2. The van der Waals surface area contributed by atoms with E-state index in [9.17, 15) is 9.59 Å². The molecule has 0 spiro atoms. The molecule has 180 valence electrons. The van der Waals surface area contributed by atoms with E-state index < -0.39 is 5.91 Å². The summed E-state index contributed by atoms with van der Waals surface area (Å²) in [7, 11) is 1.45. The van der Waals surface area contributed by atoms with Crippen molar-refractivity contribution in [1.82, 2.24) is 4.90 Å². The Balaban J connectivity index is 1.47. The average Bonchev–Trinajstić information content (AvgIpc) is 3.43. The summed E-state index contributed by atoms with van der Waals surface area (Å²) in [6.45, 7) is -0.0613. The molecule has 0 saturated carbocycles. The molecule has 4 rings (SSSR count). The van der Waals surface area contributed by atoms with Crippen molar-refractivity contribution in [2.45, 2.75) is 6.54 Å². The van der Waals surface area contributed by atoms with Crippen molar-refractivity contribution in [2.24, 2.45) is 0 Å². The zero-order valence-corrected chi connectivity index (χ0v) is 21.4. The molecule has 11 heteroatoms. The first-order chi connectivity index (χ1) is 16.9. The van der Waals surface area contributed by atoms with Crippen molar-refractivity contribution >= 4 is 75.1 Å². The van der Waals surface area contributed by atoms with Crippen LogP contribution in [0.25, 0.3) is 6.08 Å². The number of ether oxygens (including phenoxy) is 2. The molecule has 1 aromatic heterocycles. The highest BCUT2D eigenvalue weighted by atomic mass is 35.5. The number of anilines is 1. The van der Waals surface area contributed by atoms with E-state index in [1.165, 1.54) is 23.8 Å². The summed E-state index contributed by atoms with van der Waals surface area (Å²) in [5, 5.41) is 3.30. The lowest BCUT2D eigenvalue weighted by atomic mass is 10.1. The number of rotatable bonds is 8. The molecule has 2 aromatic carbocycles. The Kier molecular flexibility index (Phi) is 8.02. The average molecular weight is 549 g/mol. The number of furan rings is 1. The number of nitrogens with one attached hydrogen (secondary N) is 1. The molecule has 1 aliphatic heterocycles. The highest BCUT2D eigenvalue weighted by Crippen LogP contribution is 2.39. The molecule has 1 fully saturated rings. The summed E-state index contributed by atoms with van der Waals surface area (Å²) in [5.41, 5.74) is 1.08. The van der Waals surface area contributed by atoms with Gasteiger partial charge in [0.1, 0.15) is 10.1 Å². The van der Waals surface area contributed by atoms with E-state index in [0.29, 0.717) is 37.0 Å². The lowest BCUT2D eigenvalue weighted by molar-refractivity contribution is -0.122. The predicted molar refractivity (Wildman–Crippen MR) is 141 cm³/mol. The van der Waals surface area contributed by atoms with Crippen LogP contribution in [0, 0.1) is 0 Å². The number of hydrogen-bond acceptors (Lipinski definition) is 7. The summed E-state index contributed by atoms with van der Waals surface area (Å²) < 4.78 is 16.8. The number of hydrogen-bond donors (Lipinski definition) is 1. The Bertz CT molecular complexity index is 1310. The fraction of sp³-hybridized carbons (Fsp3) is 0.125. The smallest absolute Gasteiger partial charge is 0.266 e. The molecule has 0 radical (unpaired) electrons. The Morgan fingerprint density at radius 3 is 2.71 bits per heavy atom. The summed E-state index contributed by atoms with van der Waals surface area (Å²) in [4.78, 5) is 27.1. The summed E-state index contributed by atoms with van der Waals surface area (Å²) in [5.74, 6) is 0.488. The van der Waals surface area contributed by atoms with Gasteiger partial charge in [-0.15, -0.1) is 0 Å². The number of thiocarbonyl (C=S) groups is 1. The van der Waals surface area contributed by atoms with E-state index in [0.717, 1.165) is 0 Å². The molecule has 2 heterocycles. The van der Waals surface area contributed by atoms with Crippen LogP contribution in [0.4, 0.5) is 5.69 Å². The van der Waals surface area contributed by atoms with Crippen molar-refractivity contribution in [3.8, 4) is 11.5 Å². The van der Waals surface area contributed by atoms with E-state index in [2.05, 4.69) is 5.32 Å². The number of carbonyl (C=O) groups is 2. The fourth-order valence-electron chi connectivity index (χ4n) is 3.20. The van der Waals surface area contributed by atoms with Gasteiger partial charge in [0.15, 0.2) is 18.1 Å². The SMILES string of the molecule is COc1cc(/C=C2\SC(=S)N(Cc3ccco3)C2=O)cc(Cl)c1OCC(=O)Nc1ccccc1Cl. The van der Waals surface area contributed by atoms with Gasteiger partial charge in [0, 0.05) is 0 Å². The van der Waals surface area contributed by atoms with E-state index in [1.54, 1.807) is 60.9 Å². The largest absolute Gasteiger partial charge is 0.493 e. The molecular weight excluding hydrogens is 531 g/mol. The Morgan fingerprint density at radius 1 is 1.20 bits per heavy atom. The standard InChI is InChI=1S/C24H18Cl2N2O5S2/c1-31-19-10-14(11-20-23(30)28(24(34)35-20)12-15-5-4-8-32-15)9-17(26)22(19)33-13-21(29)27-18-7-3-2-6-16(18)25/h2-11H,12-13H2,1H3,(H,27,29)/b20-11-. The zero-order valence-electron chi connectivity index (χ0n) is 18.2. The monoisotopic (exact) mass is 548 g/mol. The molecule has 7 nitrogen and oxygen atoms in total. The van der Waals surface area contributed by atoms with Gasteiger partial charge in [0.25, 0.3) is 11.8 Å². The van der Waals surface area contributed by atoms with Gasteiger partial charge in [-0.05, 0) is 48.0 Å². The molecular formula is C24H18Cl2N2O5S2. The third-order valence-corrected chi connectivity index (χ3v) is 6.80. The van der Waals surface area contributed by atoms with Crippen molar-refractivity contribution in [1.29, 1.82) is 0 Å². The minimum atomic E-state index is -0.416. The van der Waals surface area contributed by atoms with Crippen LogP contribution < -0.4 is 14.8 Å². The van der Waals surface area contributed by atoms with Crippen LogP contribution in [0.15, 0.2) is 64.1 Å². The highest BCUT2D eigenvalue weighted by Gasteiger charge is 2.32. The normalized spacial score (nSPS) is 14.5. The van der Waals surface area contributed by atoms with Gasteiger partial charge in [-0.2, -0.15) is 0 Å². The molecule has 0 bridgehead atoms. The number of thioether (sulfide) groups is 1. The number of benzene rings is 2. The predicted octanol–water partition coefficient (Wildman–Crippen LogP) is 6.01. The summed E-state index contributed by atoms with van der Waals surface area (Å²) in [6, 6.07) is 13.7. The molecule has 0 aliphatic carbocycles. The van der Waals surface area contributed by atoms with Crippen LogP contribution in [0.3, 0.4) is 0 Å². The number of methoxy groups -OCH3 is 1. The quantitative estimate of drug-likeness (QED) is 0.272. The maximum atomic E-state index is 12.9. The second-order valence-electron chi connectivity index (χ2n) is 7.20. The third kappa shape index (κ3) is 5.99. The van der Waals surface area contributed by atoms with Crippen molar-refractivity contribution in [3.05, 3.63) is 81.1 Å². The lowest BCUT2D eigenvalue weighted by Gasteiger charge is -2.14. The van der Waals surface area contributed by atoms with Crippen LogP contribution in [-0.4, -0.2) is 34.8 Å². The van der Waals surface area contributed by atoms with Crippen molar-refractivity contribution < 1.29 is 23.5 Å². The summed E-state index contributed by atoms with van der Waals surface area (Å²) >= 11 is 19.0. The lowest BCUT2D eigenvalue weighted by Crippen LogP contribution is -2.27. The van der Waals surface area contributed by atoms with Crippen LogP contribution >= 0.6 is 47.2 Å². The number of carbonyl (C=O) groups excluding carboxylic acids is 2. The maximum absolute atomic E-state index is 12.9. The van der Waals surface area contributed by atoms with E-state index in [-0.39, 0.29) is 29.8 Å². The van der Waals surface area contributed by atoms with Crippen molar-refractivity contribution in [2.75, 3.05) is 19.0 Å². The van der Waals surface area contributed by atoms with E-state index >= 15 is 0 Å². The first-order valence-corrected chi connectivity index (χ1v) is 12.2. The van der Waals surface area contributed by atoms with E-state index in [4.69, 9.17) is 49.3 Å². The molecule has 0 atom stereocenters. The summed E-state index contributed by atoms with van der Waals surface area (Å²) in [6.07, 6.45) is 3.21. The molecule has 1 N–H and O–H groups in total. The number of halogens is 2. The van der Waals surface area contributed by atoms with Crippen LogP contribution in [-0.2, 0) is 16.1 Å². The second-order valence-corrected chi connectivity index (χ2v) is 9.69. The molecule has 3 aromatic rings. The Labute approximate surface area is 221 Å². The van der Waals surface area contributed by atoms with Crippen LogP contribution in [0.5, 0.6) is 11.5 Å². The van der Waals surface area contributed by atoms with Crippen LogP contribution in [0.1, 0.15) is 11.3 Å². The van der Waals surface area contributed by atoms with Gasteiger partial charge in [0.2, 0.25) is 0 Å². The number of nitrogens with zero attached hydrogens (tertiary/aromatic N) is 1. The second kappa shape index (κ2) is 11.2.